The first kappa shape index (κ1) is 36.1. The zero-order valence-corrected chi connectivity index (χ0v) is 27.3. The van der Waals surface area contributed by atoms with Gasteiger partial charge in [0.2, 0.25) is 0 Å². The van der Waals surface area contributed by atoms with Crippen LogP contribution in [0.25, 0.3) is 0 Å². The van der Waals surface area contributed by atoms with Gasteiger partial charge in [0.05, 0.1) is 0 Å². The highest BCUT2D eigenvalue weighted by atomic mass is 35.5. The van der Waals surface area contributed by atoms with Gasteiger partial charge in [0.25, 0.3) is 11.8 Å². The molecule has 0 bridgehead atoms. The van der Waals surface area contributed by atoms with Crippen molar-refractivity contribution >= 4 is 41.1 Å². The van der Waals surface area contributed by atoms with Crippen molar-refractivity contribution in [3.63, 3.8) is 0 Å². The van der Waals surface area contributed by atoms with Gasteiger partial charge in [-0.2, -0.15) is 0 Å². The van der Waals surface area contributed by atoms with Gasteiger partial charge in [-0.1, -0.05) is 74.2 Å². The molecule has 0 aliphatic heterocycles. The van der Waals surface area contributed by atoms with Crippen molar-refractivity contribution in [3.05, 3.63) is 81.6 Å². The Morgan fingerprint density at radius 3 is 2.35 bits per heavy atom. The number of benzene rings is 2. The van der Waals surface area contributed by atoms with E-state index < -0.39 is 12.0 Å². The summed E-state index contributed by atoms with van der Waals surface area (Å²) in [6.07, 6.45) is 4.17. The number of anilines is 2. The predicted molar refractivity (Wildman–Crippen MR) is 181 cm³/mol. The number of rotatable bonds is 18. The number of aryl methyl sites for hydroxylation is 1. The summed E-state index contributed by atoms with van der Waals surface area (Å²) in [6.45, 7) is 6.67. The highest BCUT2D eigenvalue weighted by Gasteiger charge is 2.23. The summed E-state index contributed by atoms with van der Waals surface area (Å²) in [6, 6.07) is 14.7. The molecule has 46 heavy (non-hydrogen) atoms. The Hall–Kier alpha value is -4.42. The van der Waals surface area contributed by atoms with E-state index in [1.165, 1.54) is 24.2 Å². The molecule has 0 radical (unpaired) electrons. The van der Waals surface area contributed by atoms with Crippen LogP contribution in [-0.2, 0) is 13.0 Å². The summed E-state index contributed by atoms with van der Waals surface area (Å²) < 4.78 is 0. The van der Waals surface area contributed by atoms with Gasteiger partial charge in [-0.3, -0.25) is 9.59 Å². The topological polar surface area (TPSA) is 189 Å². The van der Waals surface area contributed by atoms with Crippen LogP contribution in [0.1, 0.15) is 70.1 Å². The second-order valence-corrected chi connectivity index (χ2v) is 11.6. The molecule has 1 aromatic heterocycles. The van der Waals surface area contributed by atoms with Crippen molar-refractivity contribution in [1.82, 2.24) is 30.8 Å². The van der Waals surface area contributed by atoms with E-state index in [4.69, 9.17) is 23.1 Å². The second kappa shape index (κ2) is 18.5. The van der Waals surface area contributed by atoms with E-state index in [-0.39, 0.29) is 53.9 Å². The molecule has 0 aliphatic carbocycles. The van der Waals surface area contributed by atoms with Gasteiger partial charge >= 0.3 is 6.09 Å². The van der Waals surface area contributed by atoms with Crippen LogP contribution in [0.4, 0.5) is 16.4 Å². The van der Waals surface area contributed by atoms with Crippen molar-refractivity contribution in [3.8, 4) is 0 Å². The fourth-order valence-corrected chi connectivity index (χ4v) is 5.08. The minimum absolute atomic E-state index is 0.0836. The molecule has 2 aromatic carbocycles. The molecule has 8 N–H and O–H groups in total. The van der Waals surface area contributed by atoms with Crippen LogP contribution in [0.3, 0.4) is 0 Å². The van der Waals surface area contributed by atoms with Gasteiger partial charge in [-0.05, 0) is 61.1 Å². The van der Waals surface area contributed by atoms with Gasteiger partial charge in [0.15, 0.2) is 22.5 Å². The molecule has 3 amide bonds. The lowest BCUT2D eigenvalue weighted by molar-refractivity contribution is 0.0932. The highest BCUT2D eigenvalue weighted by molar-refractivity contribution is 6.31. The Morgan fingerprint density at radius 2 is 1.65 bits per heavy atom. The average molecular weight is 653 g/mol. The minimum Gasteiger partial charge on any atom is -0.465 e. The Morgan fingerprint density at radius 1 is 0.913 bits per heavy atom. The quantitative estimate of drug-likeness (QED) is 0.109. The van der Waals surface area contributed by atoms with Gasteiger partial charge < -0.3 is 37.4 Å². The maximum Gasteiger partial charge on any atom is 0.407 e. The molecule has 3 rings (SSSR count). The van der Waals surface area contributed by atoms with Crippen LogP contribution in [-0.4, -0.2) is 70.6 Å². The molecule has 248 valence electrons. The summed E-state index contributed by atoms with van der Waals surface area (Å²) in [5, 5.41) is 19.0. The average Bonchev–Trinajstić information content (AvgIpc) is 3.03. The molecule has 3 aromatic rings. The predicted octanol–water partition coefficient (Wildman–Crippen LogP) is 4.27. The first-order chi connectivity index (χ1) is 22.1. The van der Waals surface area contributed by atoms with Crippen LogP contribution >= 0.6 is 11.6 Å². The molecular formula is C33H45ClN8O4. The Bertz CT molecular complexity index is 1450. The normalized spacial score (nSPS) is 11.5. The number of nitrogens with two attached hydrogens (primary N) is 2. The zero-order chi connectivity index (χ0) is 33.5. The largest absolute Gasteiger partial charge is 0.465 e. The van der Waals surface area contributed by atoms with E-state index in [9.17, 15) is 19.5 Å². The fraction of sp³-hybridized carbons (Fsp3) is 0.424. The maximum atomic E-state index is 12.9. The molecule has 0 aliphatic rings. The number of hydrogen-bond acceptors (Lipinski definition) is 8. The van der Waals surface area contributed by atoms with E-state index in [2.05, 4.69) is 32.8 Å². The lowest BCUT2D eigenvalue weighted by Crippen LogP contribution is -2.40. The van der Waals surface area contributed by atoms with E-state index in [1.54, 1.807) is 24.3 Å². The van der Waals surface area contributed by atoms with Crippen molar-refractivity contribution in [2.45, 2.75) is 52.5 Å². The first-order valence-corrected chi connectivity index (χ1v) is 15.9. The molecular weight excluding hydrogens is 608 g/mol. The Balaban J connectivity index is 1.62. The van der Waals surface area contributed by atoms with Gasteiger partial charge in [-0.25, -0.2) is 14.8 Å². The molecule has 0 saturated heterocycles. The van der Waals surface area contributed by atoms with Crippen LogP contribution in [0.2, 0.25) is 5.15 Å². The third-order valence-electron chi connectivity index (χ3n) is 7.57. The number of aromatic nitrogens is 2. The van der Waals surface area contributed by atoms with Gasteiger partial charge in [0.1, 0.15) is 0 Å². The van der Waals surface area contributed by atoms with Crippen molar-refractivity contribution in [2.24, 2.45) is 5.92 Å². The smallest absolute Gasteiger partial charge is 0.407 e. The molecule has 13 heteroatoms. The number of unbranched alkanes of at least 4 members (excludes halogenated alkanes) is 3. The molecule has 0 saturated carbocycles. The molecule has 0 spiro atoms. The maximum absolute atomic E-state index is 12.9. The number of nitrogens with one attached hydrogen (secondary N) is 3. The number of nitrogens with zero attached hydrogens (tertiary/aromatic N) is 3. The summed E-state index contributed by atoms with van der Waals surface area (Å²) >= 11 is 5.95. The number of halogens is 1. The molecule has 1 atom stereocenters. The summed E-state index contributed by atoms with van der Waals surface area (Å²) in [5.74, 6) is -1.32. The number of amides is 3. The lowest BCUT2D eigenvalue weighted by Gasteiger charge is -2.26. The summed E-state index contributed by atoms with van der Waals surface area (Å²) in [4.78, 5) is 47.0. The van der Waals surface area contributed by atoms with Crippen LogP contribution in [0, 0.1) is 12.8 Å². The minimum atomic E-state index is -1.11. The number of nitrogen functional groups attached to an aromatic ring is 2. The fourth-order valence-electron chi connectivity index (χ4n) is 4.95. The second-order valence-electron chi connectivity index (χ2n) is 11.3. The van der Waals surface area contributed by atoms with Crippen LogP contribution in [0.15, 0.2) is 48.5 Å². The van der Waals surface area contributed by atoms with E-state index in [1.807, 2.05) is 31.2 Å². The number of carboxylic acid groups (broad SMARTS) is 1. The highest BCUT2D eigenvalue weighted by Crippen LogP contribution is 2.19. The number of carbonyl (C=O) groups excluding carboxylic acids is 2. The first-order valence-electron chi connectivity index (χ1n) is 15.6. The third-order valence-corrected chi connectivity index (χ3v) is 7.85. The summed E-state index contributed by atoms with van der Waals surface area (Å²) in [5.41, 5.74) is 14.6. The van der Waals surface area contributed by atoms with Gasteiger partial charge in [-0.15, -0.1) is 0 Å². The molecule has 1 unspecified atom stereocenters. The standard InChI is InChI=1S/C33H45ClN8O4/c1-3-4-5-8-15-37-16-17-38-31(43)25-13-11-23(12-14-25)20-42(33(45)46)21-24(18-26-10-7-6-9-22(26)2)19-39-32(44)27-29(35)41-30(36)28(34)40-27/h6-7,9-14,24,37H,3-5,8,15-21H2,1-2H3,(H,38,43)(H,39,44)(H,45,46)(H4,35,36,41). The number of carbonyl (C=O) groups is 3. The molecule has 0 fully saturated rings. The van der Waals surface area contributed by atoms with Crippen molar-refractivity contribution in [1.29, 1.82) is 0 Å². The summed E-state index contributed by atoms with van der Waals surface area (Å²) in [7, 11) is 0. The van der Waals surface area contributed by atoms with Gasteiger partial charge in [0, 0.05) is 38.3 Å². The van der Waals surface area contributed by atoms with E-state index >= 15 is 0 Å². The molecule has 12 nitrogen and oxygen atoms in total. The Kier molecular flexibility index (Phi) is 14.5. The van der Waals surface area contributed by atoms with E-state index in [0.717, 1.165) is 29.7 Å². The number of hydrogen-bond donors (Lipinski definition) is 6. The SMILES string of the molecule is CCCCCCNCCNC(=O)c1ccc(CN(CC(CNC(=O)c2nc(Cl)c(N)nc2N)Cc2ccccc2C)C(=O)O)cc1. The Labute approximate surface area is 275 Å². The molecule has 1 heterocycles. The lowest BCUT2D eigenvalue weighted by atomic mass is 9.95. The monoisotopic (exact) mass is 652 g/mol. The van der Waals surface area contributed by atoms with Crippen molar-refractivity contribution in [2.75, 3.05) is 44.2 Å². The van der Waals surface area contributed by atoms with Crippen molar-refractivity contribution < 1.29 is 19.5 Å². The zero-order valence-electron chi connectivity index (χ0n) is 26.5. The van der Waals surface area contributed by atoms with Crippen LogP contribution < -0.4 is 27.4 Å². The van der Waals surface area contributed by atoms with Crippen LogP contribution in [0.5, 0.6) is 0 Å². The van der Waals surface area contributed by atoms with E-state index in [0.29, 0.717) is 25.1 Å². The third kappa shape index (κ3) is 11.5.